The van der Waals surface area contributed by atoms with Crippen LogP contribution in [0.25, 0.3) is 17.1 Å². The normalized spacial score (nSPS) is 10.7. The van der Waals surface area contributed by atoms with Gasteiger partial charge in [0.05, 0.1) is 18.4 Å². The van der Waals surface area contributed by atoms with Crippen molar-refractivity contribution in [3.05, 3.63) is 58.5 Å². The van der Waals surface area contributed by atoms with Gasteiger partial charge in [-0.3, -0.25) is 0 Å². The number of H-pyrrole nitrogens is 1. The number of phenolic OH excluding ortho intramolecular Hbond substituents is 1. The summed E-state index contributed by atoms with van der Waals surface area (Å²) in [5.74, 6) is 1.06. The minimum absolute atomic E-state index is 0.0744. The van der Waals surface area contributed by atoms with Crippen LogP contribution in [0, 0.1) is 0 Å². The molecule has 0 saturated carbocycles. The number of aromatic nitrogens is 3. The summed E-state index contributed by atoms with van der Waals surface area (Å²) >= 11 is 0. The zero-order valence-electron chi connectivity index (χ0n) is 12.9. The van der Waals surface area contributed by atoms with Crippen molar-refractivity contribution in [1.29, 1.82) is 0 Å². The first-order valence-corrected chi connectivity index (χ1v) is 7.28. The highest BCUT2D eigenvalue weighted by molar-refractivity contribution is 5.66. The summed E-state index contributed by atoms with van der Waals surface area (Å²) in [4.78, 5) is 12.2. The number of methoxy groups -OCH3 is 1. The third-order valence-corrected chi connectivity index (χ3v) is 3.69. The van der Waals surface area contributed by atoms with Crippen molar-refractivity contribution in [3.8, 4) is 28.6 Å². The summed E-state index contributed by atoms with van der Waals surface area (Å²) in [6, 6.07) is 12.4. The number of aromatic amines is 1. The summed E-state index contributed by atoms with van der Waals surface area (Å²) in [7, 11) is 1.56. The molecule has 0 amide bonds. The van der Waals surface area contributed by atoms with Crippen molar-refractivity contribution in [2.75, 3.05) is 7.11 Å². The van der Waals surface area contributed by atoms with Crippen LogP contribution in [0.3, 0.4) is 0 Å². The molecule has 0 fully saturated rings. The number of phenols is 1. The molecule has 2 N–H and O–H groups in total. The molecule has 0 unspecified atom stereocenters. The van der Waals surface area contributed by atoms with Gasteiger partial charge < -0.3 is 9.84 Å². The van der Waals surface area contributed by atoms with Gasteiger partial charge in [-0.05, 0) is 36.2 Å². The van der Waals surface area contributed by atoms with Crippen LogP contribution in [0.15, 0.2) is 47.3 Å². The van der Waals surface area contributed by atoms with E-state index < -0.39 is 0 Å². The first kappa shape index (κ1) is 14.9. The topological polar surface area (TPSA) is 80.1 Å². The van der Waals surface area contributed by atoms with Gasteiger partial charge in [0.1, 0.15) is 11.5 Å². The van der Waals surface area contributed by atoms with E-state index in [1.165, 1.54) is 4.57 Å². The summed E-state index contributed by atoms with van der Waals surface area (Å²) < 4.78 is 6.62. The van der Waals surface area contributed by atoms with Crippen LogP contribution in [-0.4, -0.2) is 27.0 Å². The smallest absolute Gasteiger partial charge is 0.348 e. The molecular weight excluding hydrogens is 294 g/mol. The van der Waals surface area contributed by atoms with Crippen LogP contribution in [0.1, 0.15) is 12.5 Å². The van der Waals surface area contributed by atoms with Gasteiger partial charge in [-0.15, -0.1) is 0 Å². The van der Waals surface area contributed by atoms with Crippen LogP contribution < -0.4 is 10.4 Å². The van der Waals surface area contributed by atoms with E-state index in [2.05, 4.69) is 10.2 Å². The van der Waals surface area contributed by atoms with Crippen molar-refractivity contribution in [3.63, 3.8) is 0 Å². The lowest BCUT2D eigenvalue weighted by atomic mass is 10.1. The second kappa shape index (κ2) is 6.00. The van der Waals surface area contributed by atoms with Crippen LogP contribution in [0.4, 0.5) is 0 Å². The Labute approximate surface area is 133 Å². The van der Waals surface area contributed by atoms with Crippen LogP contribution >= 0.6 is 0 Å². The van der Waals surface area contributed by atoms with E-state index in [1.54, 1.807) is 37.4 Å². The Hall–Kier alpha value is -3.02. The Balaban J connectivity index is 2.22. The standard InChI is InChI=1S/C17H17N3O3/c1-3-11-7-8-15(21)14(9-11)16-18-19-17(22)20(16)12-5-4-6-13(10-12)23-2/h4-10,21H,3H2,1-2H3,(H,19,22). The van der Waals surface area contributed by atoms with Crippen molar-refractivity contribution in [2.24, 2.45) is 0 Å². The molecule has 1 aromatic heterocycles. The lowest BCUT2D eigenvalue weighted by Crippen LogP contribution is -2.15. The summed E-state index contributed by atoms with van der Waals surface area (Å²) in [5, 5.41) is 16.7. The molecule has 0 saturated heterocycles. The monoisotopic (exact) mass is 311 g/mol. The van der Waals surface area contributed by atoms with E-state index in [1.807, 2.05) is 19.1 Å². The van der Waals surface area contributed by atoms with Gasteiger partial charge in [-0.2, -0.15) is 5.10 Å². The summed E-state index contributed by atoms with van der Waals surface area (Å²) in [5.41, 5.74) is 1.78. The average Bonchev–Trinajstić information content (AvgIpc) is 2.97. The number of benzene rings is 2. The second-order valence-electron chi connectivity index (χ2n) is 5.09. The lowest BCUT2D eigenvalue weighted by molar-refractivity contribution is 0.414. The van der Waals surface area contributed by atoms with Crippen LogP contribution in [0.2, 0.25) is 0 Å². The van der Waals surface area contributed by atoms with Gasteiger partial charge in [0.25, 0.3) is 0 Å². The molecule has 118 valence electrons. The van der Waals surface area contributed by atoms with Crippen molar-refractivity contribution in [1.82, 2.24) is 14.8 Å². The molecule has 6 heteroatoms. The fourth-order valence-electron chi connectivity index (χ4n) is 2.45. The van der Waals surface area contributed by atoms with Crippen molar-refractivity contribution in [2.45, 2.75) is 13.3 Å². The van der Waals surface area contributed by atoms with E-state index >= 15 is 0 Å². The highest BCUT2D eigenvalue weighted by Crippen LogP contribution is 2.30. The number of ether oxygens (including phenoxy) is 1. The number of hydrogen-bond donors (Lipinski definition) is 2. The second-order valence-corrected chi connectivity index (χ2v) is 5.09. The number of aryl methyl sites for hydroxylation is 1. The van der Waals surface area contributed by atoms with E-state index in [0.717, 1.165) is 12.0 Å². The predicted octanol–water partition coefficient (Wildman–Crippen LogP) is 2.50. The molecule has 0 aliphatic rings. The first-order chi connectivity index (χ1) is 11.1. The van der Waals surface area contributed by atoms with Gasteiger partial charge in [0.2, 0.25) is 0 Å². The Kier molecular flexibility index (Phi) is 3.89. The Morgan fingerprint density at radius 3 is 2.83 bits per heavy atom. The molecular formula is C17H17N3O3. The fraction of sp³-hybridized carbons (Fsp3) is 0.176. The molecule has 0 atom stereocenters. The summed E-state index contributed by atoms with van der Waals surface area (Å²) in [6.07, 6.45) is 0.821. The molecule has 6 nitrogen and oxygen atoms in total. The molecule has 0 aliphatic heterocycles. The summed E-state index contributed by atoms with van der Waals surface area (Å²) in [6.45, 7) is 2.02. The Bertz CT molecular complexity index is 896. The molecule has 23 heavy (non-hydrogen) atoms. The Morgan fingerprint density at radius 1 is 1.26 bits per heavy atom. The first-order valence-electron chi connectivity index (χ1n) is 7.28. The maximum Gasteiger partial charge on any atom is 0.348 e. The van der Waals surface area contributed by atoms with Gasteiger partial charge >= 0.3 is 5.69 Å². The largest absolute Gasteiger partial charge is 0.507 e. The number of nitrogens with zero attached hydrogens (tertiary/aromatic N) is 2. The lowest BCUT2D eigenvalue weighted by Gasteiger charge is -2.10. The average molecular weight is 311 g/mol. The number of aromatic hydroxyl groups is 1. The van der Waals surface area contributed by atoms with Gasteiger partial charge in [0.15, 0.2) is 5.82 Å². The molecule has 3 aromatic rings. The van der Waals surface area contributed by atoms with E-state index in [4.69, 9.17) is 4.74 Å². The maximum absolute atomic E-state index is 12.2. The van der Waals surface area contributed by atoms with Crippen molar-refractivity contribution >= 4 is 0 Å². The fourth-order valence-corrected chi connectivity index (χ4v) is 2.45. The van der Waals surface area contributed by atoms with E-state index in [-0.39, 0.29) is 11.4 Å². The molecule has 0 aliphatic carbocycles. The molecule has 3 rings (SSSR count). The number of hydrogen-bond acceptors (Lipinski definition) is 4. The molecule has 0 bridgehead atoms. The highest BCUT2D eigenvalue weighted by Gasteiger charge is 2.16. The SMILES string of the molecule is CCc1ccc(O)c(-c2n[nH]c(=O)n2-c2cccc(OC)c2)c1. The number of rotatable bonds is 4. The van der Waals surface area contributed by atoms with Crippen LogP contribution in [0.5, 0.6) is 11.5 Å². The minimum atomic E-state index is -0.380. The third-order valence-electron chi connectivity index (χ3n) is 3.69. The maximum atomic E-state index is 12.2. The quantitative estimate of drug-likeness (QED) is 0.776. The Morgan fingerprint density at radius 2 is 2.09 bits per heavy atom. The predicted molar refractivity (Wildman–Crippen MR) is 87.2 cm³/mol. The molecule has 1 heterocycles. The van der Waals surface area contributed by atoms with Crippen molar-refractivity contribution < 1.29 is 9.84 Å². The zero-order chi connectivity index (χ0) is 16.4. The van der Waals surface area contributed by atoms with E-state index in [9.17, 15) is 9.90 Å². The molecule has 2 aromatic carbocycles. The van der Waals surface area contributed by atoms with Gasteiger partial charge in [-0.1, -0.05) is 19.1 Å². The van der Waals surface area contributed by atoms with Gasteiger partial charge in [0, 0.05) is 6.07 Å². The minimum Gasteiger partial charge on any atom is -0.507 e. The third kappa shape index (κ3) is 2.70. The zero-order valence-corrected chi connectivity index (χ0v) is 12.9. The molecule has 0 spiro atoms. The highest BCUT2D eigenvalue weighted by atomic mass is 16.5. The molecule has 0 radical (unpaired) electrons. The number of nitrogens with one attached hydrogen (secondary N) is 1. The van der Waals surface area contributed by atoms with E-state index in [0.29, 0.717) is 22.8 Å². The van der Waals surface area contributed by atoms with Gasteiger partial charge in [-0.25, -0.2) is 14.5 Å². The van der Waals surface area contributed by atoms with Crippen LogP contribution in [-0.2, 0) is 6.42 Å².